The number of hydrogen-bond acceptors (Lipinski definition) is 5. The zero-order valence-corrected chi connectivity index (χ0v) is 15.9. The number of nitrogens with zero attached hydrogens (tertiary/aromatic N) is 3. The van der Waals surface area contributed by atoms with Crippen LogP contribution in [0.4, 0.5) is 10.1 Å². The van der Waals surface area contributed by atoms with E-state index < -0.39 is 6.23 Å². The van der Waals surface area contributed by atoms with E-state index in [9.17, 15) is 19.1 Å². The number of anilines is 1. The number of likely N-dealkylation sites (N-methyl/N-ethyl adjacent to an activating group) is 1. The largest absolute Gasteiger partial charge is 0.368 e. The second kappa shape index (κ2) is 7.63. The third kappa shape index (κ3) is 3.71. The summed E-state index contributed by atoms with van der Waals surface area (Å²) in [7, 11) is 1.55. The highest BCUT2D eigenvalue weighted by atomic mass is 19.1. The van der Waals surface area contributed by atoms with Crippen LogP contribution >= 0.6 is 0 Å². The molecule has 3 heterocycles. The lowest BCUT2D eigenvalue weighted by Crippen LogP contribution is -2.40. The van der Waals surface area contributed by atoms with Gasteiger partial charge in [0.2, 0.25) is 5.91 Å². The van der Waals surface area contributed by atoms with Gasteiger partial charge in [-0.2, -0.15) is 0 Å². The molecule has 8 heteroatoms. The first kappa shape index (κ1) is 19.1. The van der Waals surface area contributed by atoms with Crippen molar-refractivity contribution in [3.05, 3.63) is 59.7 Å². The van der Waals surface area contributed by atoms with E-state index in [1.54, 1.807) is 42.4 Å². The predicted octanol–water partition coefficient (Wildman–Crippen LogP) is 1.97. The molecule has 4 rings (SSSR count). The fourth-order valence-corrected chi connectivity index (χ4v) is 3.73. The van der Waals surface area contributed by atoms with Gasteiger partial charge >= 0.3 is 0 Å². The molecule has 29 heavy (non-hydrogen) atoms. The van der Waals surface area contributed by atoms with E-state index in [2.05, 4.69) is 10.3 Å². The fraction of sp³-hybridized carbons (Fsp3) is 0.286. The Hall–Kier alpha value is -3.26. The monoisotopic (exact) mass is 396 g/mol. The van der Waals surface area contributed by atoms with Gasteiger partial charge in [-0.1, -0.05) is 0 Å². The molecule has 2 aliphatic rings. The molecule has 0 radical (unpaired) electrons. The molecule has 7 nitrogen and oxygen atoms in total. The maximum Gasteiger partial charge on any atom is 0.253 e. The quantitative estimate of drug-likeness (QED) is 0.825. The van der Waals surface area contributed by atoms with Crippen molar-refractivity contribution in [1.29, 1.82) is 0 Å². The van der Waals surface area contributed by atoms with Crippen LogP contribution in [0.25, 0.3) is 11.3 Å². The Morgan fingerprint density at radius 3 is 2.72 bits per heavy atom. The smallest absolute Gasteiger partial charge is 0.253 e. The Labute approximate surface area is 167 Å². The Balaban J connectivity index is 1.42. The first-order chi connectivity index (χ1) is 13.9. The van der Waals surface area contributed by atoms with Gasteiger partial charge in [-0.25, -0.2) is 4.39 Å². The van der Waals surface area contributed by atoms with Crippen molar-refractivity contribution in [2.45, 2.75) is 19.1 Å². The second-order valence-electron chi connectivity index (χ2n) is 7.17. The van der Waals surface area contributed by atoms with E-state index >= 15 is 0 Å². The van der Waals surface area contributed by atoms with Gasteiger partial charge in [0.25, 0.3) is 5.91 Å². The van der Waals surface area contributed by atoms with Crippen LogP contribution in [0.1, 0.15) is 12.8 Å². The number of aliphatic hydroxyl groups is 1. The van der Waals surface area contributed by atoms with Crippen molar-refractivity contribution < 1.29 is 19.1 Å². The summed E-state index contributed by atoms with van der Waals surface area (Å²) >= 11 is 0. The number of aromatic nitrogens is 1. The number of halogens is 1. The zero-order valence-electron chi connectivity index (χ0n) is 15.9. The van der Waals surface area contributed by atoms with Gasteiger partial charge < -0.3 is 20.2 Å². The van der Waals surface area contributed by atoms with Crippen LogP contribution in [0.15, 0.2) is 53.9 Å². The van der Waals surface area contributed by atoms with E-state index in [1.807, 2.05) is 0 Å². The van der Waals surface area contributed by atoms with Crippen LogP contribution in [0, 0.1) is 5.82 Å². The standard InChI is InChI=1S/C21H21FN4O3/c1-25-20(28)16-3-2-10-26(19(16)21(25)29)12-18(27)24-15-8-9-17(23-11-15)13-4-6-14(22)7-5-13/h4-9,11,21,29H,2-3,10,12H2,1H3,(H,24,27). The number of hydrogen-bond donors (Lipinski definition) is 2. The lowest BCUT2D eigenvalue weighted by molar-refractivity contribution is -0.130. The van der Waals surface area contributed by atoms with Crippen LogP contribution < -0.4 is 5.32 Å². The Kier molecular flexibility index (Phi) is 5.02. The summed E-state index contributed by atoms with van der Waals surface area (Å²) in [6, 6.07) is 9.50. The topological polar surface area (TPSA) is 85.8 Å². The van der Waals surface area contributed by atoms with E-state index in [0.29, 0.717) is 35.6 Å². The van der Waals surface area contributed by atoms with Crippen molar-refractivity contribution in [3.8, 4) is 11.3 Å². The van der Waals surface area contributed by atoms with E-state index in [4.69, 9.17) is 0 Å². The fourth-order valence-electron chi connectivity index (χ4n) is 3.73. The molecule has 0 saturated carbocycles. The van der Waals surface area contributed by atoms with Gasteiger partial charge in [0.15, 0.2) is 6.23 Å². The molecule has 1 aromatic carbocycles. The molecule has 0 aliphatic carbocycles. The summed E-state index contributed by atoms with van der Waals surface area (Å²) < 4.78 is 13.0. The summed E-state index contributed by atoms with van der Waals surface area (Å²) in [4.78, 5) is 32.1. The molecule has 2 amide bonds. The molecule has 150 valence electrons. The molecule has 1 atom stereocenters. The van der Waals surface area contributed by atoms with Gasteiger partial charge in [0.1, 0.15) is 5.82 Å². The molecule has 1 aromatic heterocycles. The molecule has 0 spiro atoms. The maximum atomic E-state index is 13.0. The summed E-state index contributed by atoms with van der Waals surface area (Å²) in [5.41, 5.74) is 3.10. The second-order valence-corrected chi connectivity index (χ2v) is 7.17. The number of carbonyl (C=O) groups is 2. The normalized spacial score (nSPS) is 18.9. The highest BCUT2D eigenvalue weighted by Gasteiger charge is 2.40. The minimum Gasteiger partial charge on any atom is -0.368 e. The highest BCUT2D eigenvalue weighted by Crippen LogP contribution is 2.32. The van der Waals surface area contributed by atoms with Crippen LogP contribution in [0.5, 0.6) is 0 Å². The first-order valence-electron chi connectivity index (χ1n) is 9.39. The van der Waals surface area contributed by atoms with Gasteiger partial charge in [-0.3, -0.25) is 14.6 Å². The van der Waals surface area contributed by atoms with Crippen LogP contribution in [0.3, 0.4) is 0 Å². The third-order valence-corrected chi connectivity index (χ3v) is 5.22. The average molecular weight is 396 g/mol. The number of rotatable bonds is 4. The number of benzene rings is 1. The van der Waals surface area contributed by atoms with E-state index in [0.717, 1.165) is 12.0 Å². The molecule has 2 aromatic rings. The number of nitrogens with one attached hydrogen (secondary N) is 1. The van der Waals surface area contributed by atoms with Crippen molar-refractivity contribution in [1.82, 2.24) is 14.8 Å². The third-order valence-electron chi connectivity index (χ3n) is 5.22. The minimum atomic E-state index is -1.01. The summed E-state index contributed by atoms with van der Waals surface area (Å²) in [5.74, 6) is -0.753. The SMILES string of the molecule is CN1C(=O)C2=C(C1O)N(CC(=O)Nc1ccc(-c3ccc(F)cc3)nc1)CCC2. The molecular weight excluding hydrogens is 375 g/mol. The van der Waals surface area contributed by atoms with E-state index in [-0.39, 0.29) is 24.2 Å². The lowest BCUT2D eigenvalue weighted by Gasteiger charge is -2.31. The predicted molar refractivity (Wildman–Crippen MR) is 105 cm³/mol. The first-order valence-corrected chi connectivity index (χ1v) is 9.39. The molecule has 0 bridgehead atoms. The highest BCUT2D eigenvalue weighted by molar-refractivity contribution is 5.98. The average Bonchev–Trinajstić information content (AvgIpc) is 2.94. The number of carbonyl (C=O) groups excluding carboxylic acids is 2. The van der Waals surface area contributed by atoms with Crippen molar-refractivity contribution >= 4 is 17.5 Å². The molecule has 0 fully saturated rings. The van der Waals surface area contributed by atoms with Crippen LogP contribution in [-0.2, 0) is 9.59 Å². The molecule has 2 N–H and O–H groups in total. The summed E-state index contributed by atoms with van der Waals surface area (Å²) in [6.07, 6.45) is 1.90. The molecule has 0 saturated heterocycles. The van der Waals surface area contributed by atoms with Gasteiger partial charge in [-0.15, -0.1) is 0 Å². The zero-order chi connectivity index (χ0) is 20.5. The Morgan fingerprint density at radius 2 is 2.03 bits per heavy atom. The summed E-state index contributed by atoms with van der Waals surface area (Å²) in [5, 5.41) is 13.1. The number of pyridine rings is 1. The molecule has 1 unspecified atom stereocenters. The van der Waals surface area contributed by atoms with Crippen molar-refractivity contribution in [2.24, 2.45) is 0 Å². The summed E-state index contributed by atoms with van der Waals surface area (Å²) in [6.45, 7) is 0.642. The number of aliphatic hydroxyl groups excluding tert-OH is 1. The van der Waals surface area contributed by atoms with Gasteiger partial charge in [0, 0.05) is 24.7 Å². The Bertz CT molecular complexity index is 972. The molecular formula is C21H21FN4O3. The van der Waals surface area contributed by atoms with Crippen LogP contribution in [-0.4, -0.2) is 58.1 Å². The lowest BCUT2D eigenvalue weighted by atomic mass is 10.0. The van der Waals surface area contributed by atoms with Gasteiger partial charge in [0.05, 0.1) is 29.8 Å². The van der Waals surface area contributed by atoms with Gasteiger partial charge in [-0.05, 0) is 49.2 Å². The maximum absolute atomic E-state index is 13.0. The van der Waals surface area contributed by atoms with E-state index in [1.165, 1.54) is 17.0 Å². The van der Waals surface area contributed by atoms with Crippen molar-refractivity contribution in [3.63, 3.8) is 0 Å². The Morgan fingerprint density at radius 1 is 1.28 bits per heavy atom. The van der Waals surface area contributed by atoms with Crippen LogP contribution in [0.2, 0.25) is 0 Å². The number of amides is 2. The molecule has 2 aliphatic heterocycles. The minimum absolute atomic E-state index is 0.0384. The van der Waals surface area contributed by atoms with Crippen molar-refractivity contribution in [2.75, 3.05) is 25.5 Å².